The smallest absolute Gasteiger partial charge is 0.243 e. The molecule has 0 spiro atoms. The molecule has 2 rings (SSSR count). The van der Waals surface area contributed by atoms with Gasteiger partial charge in [-0.25, -0.2) is 0 Å². The van der Waals surface area contributed by atoms with Gasteiger partial charge in [-0.05, 0) is 31.0 Å². The minimum atomic E-state index is -0.228. The normalized spacial score (nSPS) is 19.0. The van der Waals surface area contributed by atoms with Gasteiger partial charge in [0.05, 0.1) is 17.3 Å². The van der Waals surface area contributed by atoms with Gasteiger partial charge in [0.15, 0.2) is 0 Å². The van der Waals surface area contributed by atoms with E-state index in [-0.39, 0.29) is 24.3 Å². The molecule has 1 atom stereocenters. The molecule has 1 heterocycles. The average molecular weight is 296 g/mol. The lowest BCUT2D eigenvalue weighted by molar-refractivity contribution is -0.140. The highest BCUT2D eigenvalue weighted by molar-refractivity contribution is 6.33. The molecule has 2 amide bonds. The van der Waals surface area contributed by atoms with Crippen molar-refractivity contribution in [2.45, 2.75) is 19.8 Å². The summed E-state index contributed by atoms with van der Waals surface area (Å²) in [5.41, 5.74) is 6.66. The molecule has 3 N–H and O–H groups in total. The topological polar surface area (TPSA) is 75.4 Å². The first-order valence-electron chi connectivity index (χ1n) is 6.61. The van der Waals surface area contributed by atoms with Gasteiger partial charge in [0.2, 0.25) is 11.8 Å². The number of amides is 2. The van der Waals surface area contributed by atoms with Gasteiger partial charge in [0.25, 0.3) is 0 Å². The van der Waals surface area contributed by atoms with Crippen LogP contribution in [0.4, 0.5) is 11.4 Å². The number of benzene rings is 1. The van der Waals surface area contributed by atoms with Gasteiger partial charge in [-0.3, -0.25) is 9.59 Å². The van der Waals surface area contributed by atoms with E-state index in [4.69, 9.17) is 17.3 Å². The van der Waals surface area contributed by atoms with E-state index in [1.807, 2.05) is 6.92 Å². The lowest BCUT2D eigenvalue weighted by Gasteiger charge is -2.30. The number of hydrogen-bond acceptors (Lipinski definition) is 3. The van der Waals surface area contributed by atoms with E-state index in [9.17, 15) is 9.59 Å². The van der Waals surface area contributed by atoms with Crippen molar-refractivity contribution in [2.24, 2.45) is 5.92 Å². The molecule has 0 radical (unpaired) electrons. The second kappa shape index (κ2) is 6.13. The van der Waals surface area contributed by atoms with Crippen LogP contribution in [-0.2, 0) is 9.59 Å². The van der Waals surface area contributed by atoms with Crippen molar-refractivity contribution < 1.29 is 9.59 Å². The van der Waals surface area contributed by atoms with Crippen molar-refractivity contribution in [2.75, 3.05) is 24.1 Å². The third-order valence-corrected chi connectivity index (χ3v) is 3.76. The van der Waals surface area contributed by atoms with Crippen LogP contribution in [0.1, 0.15) is 19.8 Å². The summed E-state index contributed by atoms with van der Waals surface area (Å²) in [4.78, 5) is 25.5. The number of likely N-dealkylation sites (tertiary alicyclic amines) is 1. The van der Waals surface area contributed by atoms with Crippen molar-refractivity contribution in [3.8, 4) is 0 Å². The summed E-state index contributed by atoms with van der Waals surface area (Å²) in [5, 5.41) is 3.17. The van der Waals surface area contributed by atoms with Crippen LogP contribution in [0.15, 0.2) is 18.2 Å². The molecule has 1 aromatic carbocycles. The van der Waals surface area contributed by atoms with Crippen LogP contribution in [-0.4, -0.2) is 29.8 Å². The summed E-state index contributed by atoms with van der Waals surface area (Å²) in [6, 6.07) is 4.90. The SMILES string of the molecule is CC1CCCN(CC(=O)Nc2ccc(Cl)c(N)c2)C1=O. The van der Waals surface area contributed by atoms with Crippen LogP contribution < -0.4 is 11.1 Å². The monoisotopic (exact) mass is 295 g/mol. The molecule has 0 saturated carbocycles. The first-order valence-corrected chi connectivity index (χ1v) is 6.99. The van der Waals surface area contributed by atoms with E-state index in [1.165, 1.54) is 0 Å². The molecule has 1 aliphatic heterocycles. The minimum Gasteiger partial charge on any atom is -0.397 e. The highest BCUT2D eigenvalue weighted by Crippen LogP contribution is 2.22. The summed E-state index contributed by atoms with van der Waals surface area (Å²) in [5.74, 6) is -0.182. The van der Waals surface area contributed by atoms with Crippen LogP contribution in [0.5, 0.6) is 0 Å². The largest absolute Gasteiger partial charge is 0.397 e. The molecule has 20 heavy (non-hydrogen) atoms. The molecular formula is C14H18ClN3O2. The van der Waals surface area contributed by atoms with Crippen LogP contribution >= 0.6 is 11.6 Å². The maximum atomic E-state index is 12.0. The summed E-state index contributed by atoms with van der Waals surface area (Å²) in [7, 11) is 0. The highest BCUT2D eigenvalue weighted by Gasteiger charge is 2.26. The molecule has 0 aromatic heterocycles. The predicted octanol–water partition coefficient (Wildman–Crippen LogP) is 2.12. The maximum Gasteiger partial charge on any atom is 0.243 e. The number of anilines is 2. The summed E-state index contributed by atoms with van der Waals surface area (Å²) >= 11 is 5.82. The van der Waals surface area contributed by atoms with E-state index >= 15 is 0 Å². The predicted molar refractivity (Wildman–Crippen MR) is 79.5 cm³/mol. The first kappa shape index (κ1) is 14.7. The van der Waals surface area contributed by atoms with Crippen molar-refractivity contribution in [3.05, 3.63) is 23.2 Å². The zero-order valence-corrected chi connectivity index (χ0v) is 12.1. The molecular weight excluding hydrogens is 278 g/mol. The molecule has 108 valence electrons. The Hall–Kier alpha value is -1.75. The zero-order chi connectivity index (χ0) is 14.7. The number of nitrogens with one attached hydrogen (secondary N) is 1. The Kier molecular flexibility index (Phi) is 4.49. The summed E-state index contributed by atoms with van der Waals surface area (Å²) < 4.78 is 0. The Labute approximate surface area is 123 Å². The number of nitrogens with zero attached hydrogens (tertiary/aromatic N) is 1. The summed E-state index contributed by atoms with van der Waals surface area (Å²) in [6.07, 6.45) is 1.83. The Morgan fingerprint density at radius 1 is 1.55 bits per heavy atom. The van der Waals surface area contributed by atoms with Gasteiger partial charge in [0, 0.05) is 18.2 Å². The van der Waals surface area contributed by atoms with Gasteiger partial charge < -0.3 is 16.0 Å². The van der Waals surface area contributed by atoms with Crippen LogP contribution in [0.2, 0.25) is 5.02 Å². The number of rotatable bonds is 3. The van der Waals surface area contributed by atoms with Gasteiger partial charge in [-0.1, -0.05) is 18.5 Å². The average Bonchev–Trinajstić information content (AvgIpc) is 2.39. The van der Waals surface area contributed by atoms with Gasteiger partial charge >= 0.3 is 0 Å². The fourth-order valence-electron chi connectivity index (χ4n) is 2.29. The van der Waals surface area contributed by atoms with Crippen LogP contribution in [0.3, 0.4) is 0 Å². The van der Waals surface area contributed by atoms with Crippen molar-refractivity contribution in [1.29, 1.82) is 0 Å². The van der Waals surface area contributed by atoms with E-state index in [2.05, 4.69) is 5.32 Å². The maximum absolute atomic E-state index is 12.0. The van der Waals surface area contributed by atoms with Crippen molar-refractivity contribution in [3.63, 3.8) is 0 Å². The van der Waals surface area contributed by atoms with E-state index < -0.39 is 0 Å². The standard InChI is InChI=1S/C14H18ClN3O2/c1-9-3-2-6-18(14(9)20)8-13(19)17-10-4-5-11(15)12(16)7-10/h4-5,7,9H,2-3,6,8,16H2,1H3,(H,17,19). The zero-order valence-electron chi connectivity index (χ0n) is 11.4. The quantitative estimate of drug-likeness (QED) is 0.839. The van der Waals surface area contributed by atoms with Gasteiger partial charge in [-0.15, -0.1) is 0 Å². The van der Waals surface area contributed by atoms with Crippen LogP contribution in [0.25, 0.3) is 0 Å². The Morgan fingerprint density at radius 2 is 2.30 bits per heavy atom. The fraction of sp³-hybridized carbons (Fsp3) is 0.429. The second-order valence-electron chi connectivity index (χ2n) is 5.09. The lowest BCUT2D eigenvalue weighted by Crippen LogP contribution is -2.44. The minimum absolute atomic E-state index is 0.00252. The first-order chi connectivity index (χ1) is 9.47. The fourth-order valence-corrected chi connectivity index (χ4v) is 2.40. The molecule has 0 aliphatic carbocycles. The summed E-state index contributed by atoms with van der Waals surface area (Å²) in [6.45, 7) is 2.61. The third kappa shape index (κ3) is 3.42. The van der Waals surface area contributed by atoms with Crippen LogP contribution in [0, 0.1) is 5.92 Å². The number of hydrogen-bond donors (Lipinski definition) is 2. The van der Waals surface area contributed by atoms with E-state index in [0.29, 0.717) is 22.9 Å². The Balaban J connectivity index is 1.95. The lowest BCUT2D eigenvalue weighted by atomic mass is 9.99. The number of nitrogens with two attached hydrogens (primary N) is 1. The molecule has 1 fully saturated rings. The third-order valence-electron chi connectivity index (χ3n) is 3.41. The number of halogens is 1. The highest BCUT2D eigenvalue weighted by atomic mass is 35.5. The number of nitrogen functional groups attached to an aromatic ring is 1. The Morgan fingerprint density at radius 3 is 3.00 bits per heavy atom. The molecule has 1 aliphatic rings. The van der Waals surface area contributed by atoms with E-state index in [0.717, 1.165) is 12.8 Å². The number of carbonyl (C=O) groups is 2. The molecule has 1 aromatic rings. The van der Waals surface area contributed by atoms with E-state index in [1.54, 1.807) is 23.1 Å². The van der Waals surface area contributed by atoms with Crippen molar-refractivity contribution >= 4 is 34.8 Å². The number of carbonyl (C=O) groups excluding carboxylic acids is 2. The second-order valence-corrected chi connectivity index (χ2v) is 5.49. The molecule has 6 heteroatoms. The van der Waals surface area contributed by atoms with Crippen molar-refractivity contribution in [1.82, 2.24) is 4.90 Å². The molecule has 1 unspecified atom stereocenters. The molecule has 5 nitrogen and oxygen atoms in total. The van der Waals surface area contributed by atoms with Gasteiger partial charge in [-0.2, -0.15) is 0 Å². The van der Waals surface area contributed by atoms with Gasteiger partial charge in [0.1, 0.15) is 0 Å². The Bertz CT molecular complexity index is 533. The molecule has 1 saturated heterocycles. The number of piperidine rings is 1. The molecule has 0 bridgehead atoms.